The van der Waals surface area contributed by atoms with Gasteiger partial charge in [-0.25, -0.2) is 4.68 Å². The number of hydrogen-bond donors (Lipinski definition) is 1. The Labute approximate surface area is 103 Å². The van der Waals surface area contributed by atoms with Crippen LogP contribution in [0.2, 0.25) is 5.02 Å². The number of nitrogens with zero attached hydrogens (tertiary/aromatic N) is 3. The molecule has 0 aliphatic heterocycles. The molecule has 2 aromatic heterocycles. The molecule has 17 heavy (non-hydrogen) atoms. The summed E-state index contributed by atoms with van der Waals surface area (Å²) in [6, 6.07) is 3.25. The minimum absolute atomic E-state index is 0.176. The second kappa shape index (κ2) is 4.97. The molecular formula is C11H11ClN4O. The molecule has 0 fully saturated rings. The highest BCUT2D eigenvalue weighted by molar-refractivity contribution is 6.31. The van der Waals surface area contributed by atoms with Crippen LogP contribution in [0.25, 0.3) is 0 Å². The fraction of sp³-hybridized carbons (Fsp3) is 0.182. The van der Waals surface area contributed by atoms with Gasteiger partial charge in [0.05, 0.1) is 23.5 Å². The summed E-state index contributed by atoms with van der Waals surface area (Å²) in [6.45, 7) is 0.337. The van der Waals surface area contributed by atoms with Crippen molar-refractivity contribution in [2.24, 2.45) is 0 Å². The molecule has 2 rings (SSSR count). The maximum absolute atomic E-state index is 11.7. The molecule has 0 unspecified atom stereocenters. The molecule has 0 atom stereocenters. The van der Waals surface area contributed by atoms with E-state index in [9.17, 15) is 4.79 Å². The summed E-state index contributed by atoms with van der Waals surface area (Å²) >= 11 is 5.97. The fourth-order valence-electron chi connectivity index (χ4n) is 1.38. The van der Waals surface area contributed by atoms with Crippen LogP contribution in [-0.2, 0) is 6.54 Å². The van der Waals surface area contributed by atoms with E-state index in [1.807, 2.05) is 0 Å². The lowest BCUT2D eigenvalue weighted by atomic mass is 10.3. The Morgan fingerprint density at radius 3 is 2.94 bits per heavy atom. The molecule has 2 heterocycles. The highest BCUT2D eigenvalue weighted by Crippen LogP contribution is 2.13. The maximum Gasteiger partial charge on any atom is 0.269 e. The van der Waals surface area contributed by atoms with Gasteiger partial charge in [-0.3, -0.25) is 9.78 Å². The Balaban J connectivity index is 2.31. The summed E-state index contributed by atoms with van der Waals surface area (Å²) in [4.78, 5) is 15.6. The molecule has 0 aliphatic rings. The topological polar surface area (TPSA) is 59.8 Å². The molecule has 0 radical (unpaired) electrons. The van der Waals surface area contributed by atoms with Crippen molar-refractivity contribution in [1.29, 1.82) is 0 Å². The van der Waals surface area contributed by atoms with Crippen LogP contribution in [0.3, 0.4) is 0 Å². The van der Waals surface area contributed by atoms with Crippen LogP contribution in [0.15, 0.2) is 35.5 Å². The standard InChI is InChI=1S/C11H11ClN4O/c1-13-9-4-11(17)16(15-5-9)7-8-2-3-14-6-10(8)12/h2-6,13H,7H2,1H3. The lowest BCUT2D eigenvalue weighted by Gasteiger charge is -2.06. The van der Waals surface area contributed by atoms with Crippen molar-refractivity contribution in [1.82, 2.24) is 14.8 Å². The third-order valence-corrected chi connectivity index (χ3v) is 2.68. The van der Waals surface area contributed by atoms with Gasteiger partial charge in [-0.15, -0.1) is 0 Å². The van der Waals surface area contributed by atoms with Gasteiger partial charge in [0.15, 0.2) is 0 Å². The lowest BCUT2D eigenvalue weighted by molar-refractivity contribution is 0.639. The first-order valence-electron chi connectivity index (χ1n) is 5.04. The molecule has 1 N–H and O–H groups in total. The Bertz CT molecular complexity index is 582. The molecule has 6 heteroatoms. The van der Waals surface area contributed by atoms with Gasteiger partial charge < -0.3 is 5.32 Å². The third kappa shape index (κ3) is 2.62. The van der Waals surface area contributed by atoms with Crippen molar-refractivity contribution in [2.75, 3.05) is 12.4 Å². The number of anilines is 1. The zero-order valence-electron chi connectivity index (χ0n) is 9.22. The minimum Gasteiger partial charge on any atom is -0.387 e. The monoisotopic (exact) mass is 250 g/mol. The number of nitrogens with one attached hydrogen (secondary N) is 1. The SMILES string of the molecule is CNc1cnn(Cc2ccncc2Cl)c(=O)c1. The van der Waals surface area contributed by atoms with Gasteiger partial charge in [0.1, 0.15) is 0 Å². The van der Waals surface area contributed by atoms with Gasteiger partial charge in [0.25, 0.3) is 5.56 Å². The molecule has 0 amide bonds. The van der Waals surface area contributed by atoms with Crippen LogP contribution in [0.5, 0.6) is 0 Å². The smallest absolute Gasteiger partial charge is 0.269 e. The summed E-state index contributed by atoms with van der Waals surface area (Å²) in [5.41, 5.74) is 1.32. The third-order valence-electron chi connectivity index (χ3n) is 2.33. The van der Waals surface area contributed by atoms with Gasteiger partial charge in [0.2, 0.25) is 0 Å². The van der Waals surface area contributed by atoms with Crippen LogP contribution in [0.1, 0.15) is 5.56 Å². The fourth-order valence-corrected chi connectivity index (χ4v) is 1.56. The second-order valence-electron chi connectivity index (χ2n) is 3.46. The van der Waals surface area contributed by atoms with Gasteiger partial charge in [0, 0.05) is 25.5 Å². The van der Waals surface area contributed by atoms with Crippen LogP contribution >= 0.6 is 11.6 Å². The van der Waals surface area contributed by atoms with E-state index in [1.54, 1.807) is 31.7 Å². The van der Waals surface area contributed by atoms with Crippen LogP contribution < -0.4 is 10.9 Å². The molecule has 0 bridgehead atoms. The predicted molar refractivity (Wildman–Crippen MR) is 66.4 cm³/mol. The molecular weight excluding hydrogens is 240 g/mol. The van der Waals surface area contributed by atoms with Crippen LogP contribution in [-0.4, -0.2) is 21.8 Å². The van der Waals surface area contributed by atoms with Gasteiger partial charge in [-0.2, -0.15) is 5.10 Å². The summed E-state index contributed by atoms with van der Waals surface area (Å²) in [5.74, 6) is 0. The summed E-state index contributed by atoms with van der Waals surface area (Å²) in [5, 5.41) is 7.43. The Morgan fingerprint density at radius 1 is 1.47 bits per heavy atom. The molecule has 5 nitrogen and oxygen atoms in total. The largest absolute Gasteiger partial charge is 0.387 e. The van der Waals surface area contributed by atoms with E-state index in [0.29, 0.717) is 17.3 Å². The number of halogens is 1. The van der Waals surface area contributed by atoms with E-state index in [2.05, 4.69) is 15.4 Å². The normalized spacial score (nSPS) is 10.2. The lowest BCUT2D eigenvalue weighted by Crippen LogP contribution is -2.23. The molecule has 0 spiro atoms. The summed E-state index contributed by atoms with van der Waals surface area (Å²) in [7, 11) is 1.74. The molecule has 0 saturated heterocycles. The summed E-state index contributed by atoms with van der Waals surface area (Å²) in [6.07, 6.45) is 4.77. The number of aromatic nitrogens is 3. The van der Waals surface area contributed by atoms with Gasteiger partial charge in [-0.05, 0) is 11.6 Å². The number of hydrogen-bond acceptors (Lipinski definition) is 4. The zero-order valence-corrected chi connectivity index (χ0v) is 9.98. The zero-order chi connectivity index (χ0) is 12.3. The number of pyridine rings is 1. The first-order valence-corrected chi connectivity index (χ1v) is 5.42. The first kappa shape index (κ1) is 11.6. The molecule has 2 aromatic rings. The molecule has 88 valence electrons. The van der Waals surface area contributed by atoms with Crippen molar-refractivity contribution in [2.45, 2.75) is 6.54 Å². The minimum atomic E-state index is -0.176. The van der Waals surface area contributed by atoms with Crippen molar-refractivity contribution < 1.29 is 0 Å². The molecule has 0 aromatic carbocycles. The Kier molecular flexibility index (Phi) is 3.39. The quantitative estimate of drug-likeness (QED) is 0.894. The average Bonchev–Trinajstić information content (AvgIpc) is 2.34. The first-order chi connectivity index (χ1) is 8.20. The number of rotatable bonds is 3. The maximum atomic E-state index is 11.7. The second-order valence-corrected chi connectivity index (χ2v) is 3.86. The van der Waals surface area contributed by atoms with E-state index >= 15 is 0 Å². The van der Waals surface area contributed by atoms with Crippen LogP contribution in [0.4, 0.5) is 5.69 Å². The Morgan fingerprint density at radius 2 is 2.29 bits per heavy atom. The average molecular weight is 251 g/mol. The Hall–Kier alpha value is -1.88. The van der Waals surface area contributed by atoms with E-state index < -0.39 is 0 Å². The van der Waals surface area contributed by atoms with E-state index in [0.717, 1.165) is 5.56 Å². The van der Waals surface area contributed by atoms with E-state index in [4.69, 9.17) is 11.6 Å². The van der Waals surface area contributed by atoms with Crippen molar-refractivity contribution >= 4 is 17.3 Å². The molecule has 0 aliphatic carbocycles. The predicted octanol–water partition coefficient (Wildman–Crippen LogP) is 1.38. The van der Waals surface area contributed by atoms with Gasteiger partial charge >= 0.3 is 0 Å². The van der Waals surface area contributed by atoms with Gasteiger partial charge in [-0.1, -0.05) is 11.6 Å². The highest BCUT2D eigenvalue weighted by atomic mass is 35.5. The van der Waals surface area contributed by atoms with Crippen LogP contribution in [0, 0.1) is 0 Å². The van der Waals surface area contributed by atoms with Crippen molar-refractivity contribution in [3.8, 4) is 0 Å². The van der Waals surface area contributed by atoms with E-state index in [1.165, 1.54) is 10.7 Å². The summed E-state index contributed by atoms with van der Waals surface area (Å²) < 4.78 is 1.35. The molecule has 0 saturated carbocycles. The van der Waals surface area contributed by atoms with E-state index in [-0.39, 0.29) is 5.56 Å². The van der Waals surface area contributed by atoms with Crippen molar-refractivity contribution in [3.63, 3.8) is 0 Å². The highest BCUT2D eigenvalue weighted by Gasteiger charge is 2.03. The van der Waals surface area contributed by atoms with Crippen molar-refractivity contribution in [3.05, 3.63) is 51.7 Å².